The molecule has 7 nitrogen and oxygen atoms in total. The molecule has 24 heavy (non-hydrogen) atoms. The number of anilines is 1. The van der Waals surface area contributed by atoms with Crippen LogP contribution in [0.3, 0.4) is 0 Å². The number of nitrogens with zero attached hydrogens (tertiary/aromatic N) is 4. The largest absolute Gasteiger partial charge is 0.342 e. The third-order valence-corrected chi connectivity index (χ3v) is 6.31. The van der Waals surface area contributed by atoms with E-state index in [1.807, 2.05) is 11.3 Å². The number of fused-ring (bicyclic) bond motifs is 2. The van der Waals surface area contributed by atoms with Crippen molar-refractivity contribution in [3.8, 4) is 0 Å². The summed E-state index contributed by atoms with van der Waals surface area (Å²) in [5.41, 5.74) is 1.72. The number of hydrogen-bond donors (Lipinski definition) is 2. The molecular weight excluding hydrogens is 324 g/mol. The third-order valence-electron chi connectivity index (χ3n) is 4.99. The van der Waals surface area contributed by atoms with E-state index in [0.29, 0.717) is 22.9 Å². The molecule has 0 radical (unpaired) electrons. The van der Waals surface area contributed by atoms with Crippen LogP contribution in [-0.2, 0) is 12.8 Å². The van der Waals surface area contributed by atoms with E-state index in [2.05, 4.69) is 25.1 Å². The van der Waals surface area contributed by atoms with Crippen molar-refractivity contribution in [1.29, 1.82) is 0 Å². The molecule has 3 aromatic heterocycles. The highest BCUT2D eigenvalue weighted by atomic mass is 32.1. The van der Waals surface area contributed by atoms with Crippen LogP contribution < -0.4 is 10.5 Å². The summed E-state index contributed by atoms with van der Waals surface area (Å²) in [5, 5.41) is 8.46. The van der Waals surface area contributed by atoms with E-state index in [1.54, 1.807) is 0 Å². The van der Waals surface area contributed by atoms with Crippen LogP contribution in [0.25, 0.3) is 11.0 Å². The number of aromatic nitrogens is 5. The second-order valence-electron chi connectivity index (χ2n) is 6.58. The van der Waals surface area contributed by atoms with Gasteiger partial charge in [-0.15, -0.1) is 11.3 Å². The Kier molecular flexibility index (Phi) is 3.19. The molecule has 1 aliphatic carbocycles. The fraction of sp³-hybridized carbons (Fsp3) is 0.500. The normalized spacial score (nSPS) is 20.7. The highest BCUT2D eigenvalue weighted by Gasteiger charge is 2.27. The van der Waals surface area contributed by atoms with Gasteiger partial charge in [0.25, 0.3) is 5.56 Å². The number of piperidine rings is 1. The quantitative estimate of drug-likeness (QED) is 0.743. The van der Waals surface area contributed by atoms with Crippen LogP contribution in [0, 0.1) is 0 Å². The lowest BCUT2D eigenvalue weighted by Gasteiger charge is -2.32. The number of H-pyrrole nitrogens is 2. The molecule has 1 atom stereocenters. The Morgan fingerprint density at radius 2 is 2.21 bits per heavy atom. The van der Waals surface area contributed by atoms with Gasteiger partial charge in [-0.3, -0.25) is 14.9 Å². The van der Waals surface area contributed by atoms with Crippen LogP contribution in [0.2, 0.25) is 0 Å². The summed E-state index contributed by atoms with van der Waals surface area (Å²) in [6.45, 7) is 1.76. The molecule has 1 aliphatic heterocycles. The van der Waals surface area contributed by atoms with Crippen molar-refractivity contribution in [2.24, 2.45) is 0 Å². The summed E-state index contributed by atoms with van der Waals surface area (Å²) in [7, 11) is 0. The van der Waals surface area contributed by atoms with Gasteiger partial charge in [-0.2, -0.15) is 10.1 Å². The Bertz CT molecular complexity index is 936. The van der Waals surface area contributed by atoms with E-state index in [-0.39, 0.29) is 5.56 Å². The van der Waals surface area contributed by atoms with Gasteiger partial charge >= 0.3 is 0 Å². The minimum atomic E-state index is -0.140. The van der Waals surface area contributed by atoms with E-state index in [1.165, 1.54) is 34.6 Å². The van der Waals surface area contributed by atoms with Gasteiger partial charge in [0, 0.05) is 23.9 Å². The summed E-state index contributed by atoms with van der Waals surface area (Å²) in [5.74, 6) is 1.06. The molecule has 2 N–H and O–H groups in total. The first-order valence-corrected chi connectivity index (χ1v) is 9.26. The Labute approximate surface area is 142 Å². The van der Waals surface area contributed by atoms with Gasteiger partial charge in [-0.1, -0.05) is 0 Å². The highest BCUT2D eigenvalue weighted by molar-refractivity contribution is 7.11. The molecule has 1 saturated heterocycles. The molecule has 8 heteroatoms. The number of hydrogen-bond acceptors (Lipinski definition) is 6. The van der Waals surface area contributed by atoms with Crippen molar-refractivity contribution in [2.75, 3.05) is 18.0 Å². The van der Waals surface area contributed by atoms with Gasteiger partial charge in [0.05, 0.1) is 16.9 Å². The lowest BCUT2D eigenvalue weighted by molar-refractivity contribution is 0.501. The second kappa shape index (κ2) is 5.41. The number of aryl methyl sites for hydroxylation is 2. The summed E-state index contributed by atoms with van der Waals surface area (Å²) < 4.78 is 0. The fourth-order valence-electron chi connectivity index (χ4n) is 3.74. The Morgan fingerprint density at radius 1 is 1.25 bits per heavy atom. The smallest absolute Gasteiger partial charge is 0.263 e. The van der Waals surface area contributed by atoms with Crippen molar-refractivity contribution >= 4 is 28.3 Å². The zero-order chi connectivity index (χ0) is 16.1. The number of rotatable bonds is 2. The van der Waals surface area contributed by atoms with E-state index in [4.69, 9.17) is 4.98 Å². The van der Waals surface area contributed by atoms with Crippen molar-refractivity contribution in [3.63, 3.8) is 0 Å². The average molecular weight is 342 g/mol. The van der Waals surface area contributed by atoms with Crippen LogP contribution >= 0.6 is 11.3 Å². The highest BCUT2D eigenvalue weighted by Crippen LogP contribution is 2.35. The first-order chi connectivity index (χ1) is 11.8. The van der Waals surface area contributed by atoms with Crippen LogP contribution in [0.5, 0.6) is 0 Å². The molecule has 0 saturated carbocycles. The van der Waals surface area contributed by atoms with E-state index >= 15 is 0 Å². The van der Waals surface area contributed by atoms with Crippen LogP contribution in [0.4, 0.5) is 5.95 Å². The van der Waals surface area contributed by atoms with Crippen LogP contribution in [0.15, 0.2) is 11.0 Å². The van der Waals surface area contributed by atoms with Crippen molar-refractivity contribution in [2.45, 2.75) is 38.0 Å². The molecule has 3 aromatic rings. The van der Waals surface area contributed by atoms with Gasteiger partial charge in [0.2, 0.25) is 5.95 Å². The summed E-state index contributed by atoms with van der Waals surface area (Å²) in [4.78, 5) is 28.1. The van der Waals surface area contributed by atoms with Crippen molar-refractivity contribution in [3.05, 3.63) is 32.1 Å². The van der Waals surface area contributed by atoms with E-state index in [9.17, 15) is 4.79 Å². The number of thiazole rings is 1. The van der Waals surface area contributed by atoms with Crippen molar-refractivity contribution < 1.29 is 0 Å². The number of nitrogens with one attached hydrogen (secondary N) is 2. The zero-order valence-corrected chi connectivity index (χ0v) is 14.0. The molecule has 1 unspecified atom stereocenters. The predicted molar refractivity (Wildman–Crippen MR) is 92.8 cm³/mol. The topological polar surface area (TPSA) is 90.6 Å². The summed E-state index contributed by atoms with van der Waals surface area (Å²) >= 11 is 1.89. The Balaban J connectivity index is 1.44. The summed E-state index contributed by atoms with van der Waals surface area (Å²) in [6, 6.07) is 0. The van der Waals surface area contributed by atoms with Crippen molar-refractivity contribution in [1.82, 2.24) is 25.1 Å². The molecule has 0 bridgehead atoms. The first kappa shape index (κ1) is 14.2. The predicted octanol–water partition coefficient (Wildman–Crippen LogP) is 1.98. The second-order valence-corrected chi connectivity index (χ2v) is 7.70. The lowest BCUT2D eigenvalue weighted by atomic mass is 9.99. The van der Waals surface area contributed by atoms with E-state index < -0.39 is 0 Å². The molecule has 1 fully saturated rings. The minimum absolute atomic E-state index is 0.140. The average Bonchev–Trinajstić information content (AvgIpc) is 3.30. The molecule has 2 aliphatic rings. The van der Waals surface area contributed by atoms with Crippen LogP contribution in [-0.4, -0.2) is 38.2 Å². The van der Waals surface area contributed by atoms with Gasteiger partial charge in [0.15, 0.2) is 5.65 Å². The minimum Gasteiger partial charge on any atom is -0.342 e. The maximum Gasteiger partial charge on any atom is 0.263 e. The Morgan fingerprint density at radius 3 is 3.12 bits per heavy atom. The molecular formula is C16H18N6OS. The molecule has 0 amide bonds. The molecule has 4 heterocycles. The lowest BCUT2D eigenvalue weighted by Crippen LogP contribution is -2.36. The monoisotopic (exact) mass is 342 g/mol. The maximum absolute atomic E-state index is 12.2. The fourth-order valence-corrected chi connectivity index (χ4v) is 5.02. The molecule has 0 spiro atoms. The molecule has 124 valence electrons. The SMILES string of the molecule is O=c1[nH]c(N2CCCC(c3nc4c(s3)CCC4)C2)nc2[nH]ncc12. The van der Waals surface area contributed by atoms with Crippen LogP contribution in [0.1, 0.15) is 40.8 Å². The standard InChI is InChI=1S/C16H18N6OS/c23-14-10-7-17-21-13(10)19-16(20-14)22-6-2-3-9(8-22)15-18-11-4-1-5-12(11)24-15/h7,9H,1-6,8H2,(H2,17,19,20,21,23). The van der Waals surface area contributed by atoms with Gasteiger partial charge < -0.3 is 4.90 Å². The van der Waals surface area contributed by atoms with Gasteiger partial charge in [-0.25, -0.2) is 4.98 Å². The molecule has 5 rings (SSSR count). The van der Waals surface area contributed by atoms with Gasteiger partial charge in [0.1, 0.15) is 5.39 Å². The zero-order valence-electron chi connectivity index (χ0n) is 13.2. The number of aromatic amines is 2. The Hall–Kier alpha value is -2.22. The van der Waals surface area contributed by atoms with Gasteiger partial charge in [-0.05, 0) is 32.1 Å². The maximum atomic E-state index is 12.2. The molecule has 0 aromatic carbocycles. The van der Waals surface area contributed by atoms with E-state index in [0.717, 1.165) is 32.4 Å². The first-order valence-electron chi connectivity index (χ1n) is 8.45. The summed E-state index contributed by atoms with van der Waals surface area (Å²) in [6.07, 6.45) is 7.32. The third kappa shape index (κ3) is 2.24.